The minimum absolute atomic E-state index is 0.0498. The Labute approximate surface area is 240 Å². The topological polar surface area (TPSA) is 97.4 Å². The Balaban J connectivity index is 1.72. The van der Waals surface area contributed by atoms with E-state index < -0.39 is 11.5 Å². The average molecular weight is 565 g/mol. The van der Waals surface area contributed by atoms with E-state index in [2.05, 4.69) is 30.7 Å². The summed E-state index contributed by atoms with van der Waals surface area (Å²) in [6, 6.07) is 0. The molecule has 0 N–H and O–H groups in total. The highest BCUT2D eigenvalue weighted by molar-refractivity contribution is 5.90. The molecule has 0 spiro atoms. The van der Waals surface area contributed by atoms with Gasteiger partial charge in [-0.25, -0.2) is 0 Å². The summed E-state index contributed by atoms with van der Waals surface area (Å²) in [4.78, 5) is 37.6. The fraction of sp³-hybridized carbons (Fsp3) is 0.844. The van der Waals surface area contributed by atoms with Crippen molar-refractivity contribution in [3.8, 4) is 0 Å². The molecule has 2 aliphatic heterocycles. The zero-order valence-electron chi connectivity index (χ0n) is 25.0. The lowest BCUT2D eigenvalue weighted by Gasteiger charge is -2.34. The first kappa shape index (κ1) is 32.9. The van der Waals surface area contributed by atoms with Crippen molar-refractivity contribution in [3.63, 3.8) is 0 Å². The van der Waals surface area contributed by atoms with Gasteiger partial charge in [0, 0.05) is 50.7 Å². The van der Waals surface area contributed by atoms with Crippen LogP contribution in [0.25, 0.3) is 0 Å². The van der Waals surface area contributed by atoms with E-state index in [1.54, 1.807) is 0 Å². The maximum atomic E-state index is 13.3. The lowest BCUT2D eigenvalue weighted by atomic mass is 9.86. The van der Waals surface area contributed by atoms with Gasteiger partial charge in [0.1, 0.15) is 11.6 Å². The Hall–Kier alpha value is -1.61. The van der Waals surface area contributed by atoms with Crippen LogP contribution >= 0.6 is 0 Å². The summed E-state index contributed by atoms with van der Waals surface area (Å²) in [5, 5.41) is 0. The maximum absolute atomic E-state index is 13.3. The highest BCUT2D eigenvalue weighted by Gasteiger charge is 2.44. The van der Waals surface area contributed by atoms with Crippen LogP contribution in [-0.4, -0.2) is 62.1 Å². The van der Waals surface area contributed by atoms with Gasteiger partial charge in [0.15, 0.2) is 12.6 Å². The molecule has 3 unspecified atom stereocenters. The van der Waals surface area contributed by atoms with Gasteiger partial charge in [0.05, 0.1) is 18.8 Å². The number of hydrogen-bond acceptors (Lipinski definition) is 8. The van der Waals surface area contributed by atoms with Crippen molar-refractivity contribution in [1.29, 1.82) is 0 Å². The summed E-state index contributed by atoms with van der Waals surface area (Å²) < 4.78 is 29.4. The van der Waals surface area contributed by atoms with Crippen LogP contribution in [0.2, 0.25) is 0 Å². The summed E-state index contributed by atoms with van der Waals surface area (Å²) in [7, 11) is 1.37. The van der Waals surface area contributed by atoms with Crippen LogP contribution in [0.4, 0.5) is 0 Å². The van der Waals surface area contributed by atoms with Crippen molar-refractivity contribution in [3.05, 3.63) is 12.2 Å². The van der Waals surface area contributed by atoms with E-state index in [0.29, 0.717) is 32.3 Å². The summed E-state index contributed by atoms with van der Waals surface area (Å²) in [5.41, 5.74) is -0.531. The number of unbranched alkanes of at least 4 members (excludes halogenated alkanes) is 3. The quantitative estimate of drug-likeness (QED) is 0.116. The smallest absolute Gasteiger partial charge is 0.305 e. The minimum Gasteiger partial charge on any atom is -0.469 e. The molecule has 228 valence electrons. The molecule has 40 heavy (non-hydrogen) atoms. The number of carbonyl (C=O) groups is 3. The molecular weight excluding hydrogens is 512 g/mol. The van der Waals surface area contributed by atoms with Gasteiger partial charge in [0.2, 0.25) is 0 Å². The predicted octanol–water partition coefficient (Wildman–Crippen LogP) is 6.23. The number of Topliss-reactive ketones (excluding diaryl/α,β-unsaturated/α-hetero) is 2. The summed E-state index contributed by atoms with van der Waals surface area (Å²) >= 11 is 0. The summed E-state index contributed by atoms with van der Waals surface area (Å²) in [6.45, 7) is 5.69. The third kappa shape index (κ3) is 11.0. The zero-order valence-corrected chi connectivity index (χ0v) is 25.0. The maximum Gasteiger partial charge on any atom is 0.305 e. The van der Waals surface area contributed by atoms with Crippen molar-refractivity contribution in [2.45, 2.75) is 141 Å². The van der Waals surface area contributed by atoms with Crippen molar-refractivity contribution in [2.75, 3.05) is 20.3 Å². The second-order valence-corrected chi connectivity index (χ2v) is 11.9. The molecule has 8 nitrogen and oxygen atoms in total. The molecule has 1 aliphatic carbocycles. The van der Waals surface area contributed by atoms with Crippen LogP contribution in [-0.2, 0) is 38.1 Å². The van der Waals surface area contributed by atoms with Gasteiger partial charge in [-0.2, -0.15) is 0 Å². The molecule has 0 aromatic heterocycles. The Bertz CT molecular complexity index is 814. The molecule has 8 heteroatoms. The van der Waals surface area contributed by atoms with Crippen molar-refractivity contribution in [1.82, 2.24) is 0 Å². The fourth-order valence-electron chi connectivity index (χ4n) is 5.99. The van der Waals surface area contributed by atoms with Gasteiger partial charge in [-0.1, -0.05) is 38.3 Å². The molecule has 6 atom stereocenters. The number of ketones is 2. The van der Waals surface area contributed by atoms with Gasteiger partial charge < -0.3 is 23.7 Å². The van der Waals surface area contributed by atoms with Crippen LogP contribution < -0.4 is 0 Å². The van der Waals surface area contributed by atoms with E-state index in [1.165, 1.54) is 7.11 Å². The standard InChI is InChI=1S/C32H52O8/c1-4-5-10-18-32(2,40-31-16-9-12-21-38-31)19-17-25-26(22-24(33)13-6-7-14-29(35)36-3)27(34)23-28(25)39-30-15-8-11-20-37-30/h17,19,25-26,28,30-31H,4-16,18,20-23H2,1-3H3/b19-17+/t25-,26-,28-,30?,31?,32?/m1/s1. The molecule has 0 radical (unpaired) electrons. The average Bonchev–Trinajstić information content (AvgIpc) is 3.24. The predicted molar refractivity (Wildman–Crippen MR) is 152 cm³/mol. The van der Waals surface area contributed by atoms with Crippen LogP contribution in [0, 0.1) is 11.8 Å². The summed E-state index contributed by atoms with van der Waals surface area (Å²) in [6.07, 6.45) is 15.8. The molecular formula is C32H52O8. The zero-order chi connectivity index (χ0) is 28.8. The van der Waals surface area contributed by atoms with Gasteiger partial charge in [-0.15, -0.1) is 0 Å². The van der Waals surface area contributed by atoms with Crippen LogP contribution in [0.15, 0.2) is 12.2 Å². The highest BCUT2D eigenvalue weighted by atomic mass is 16.7. The van der Waals surface area contributed by atoms with Crippen molar-refractivity contribution < 1.29 is 38.1 Å². The molecule has 3 aliphatic rings. The third-order valence-electron chi connectivity index (χ3n) is 8.42. The molecule has 2 saturated heterocycles. The van der Waals surface area contributed by atoms with E-state index in [-0.39, 0.29) is 55.0 Å². The largest absolute Gasteiger partial charge is 0.469 e. The molecule has 0 aromatic rings. The normalized spacial score (nSPS) is 29.0. The van der Waals surface area contributed by atoms with E-state index >= 15 is 0 Å². The number of esters is 1. The monoisotopic (exact) mass is 564 g/mol. The molecule has 0 aromatic carbocycles. The van der Waals surface area contributed by atoms with Gasteiger partial charge >= 0.3 is 5.97 Å². The molecule has 0 amide bonds. The Morgan fingerprint density at radius 3 is 2.33 bits per heavy atom. The molecule has 3 rings (SSSR count). The van der Waals surface area contributed by atoms with Crippen LogP contribution in [0.1, 0.15) is 117 Å². The number of carbonyl (C=O) groups excluding carboxylic acids is 3. The van der Waals surface area contributed by atoms with Crippen molar-refractivity contribution >= 4 is 17.5 Å². The number of ether oxygens (including phenoxy) is 5. The third-order valence-corrected chi connectivity index (χ3v) is 8.42. The van der Waals surface area contributed by atoms with E-state index in [4.69, 9.17) is 18.9 Å². The first-order valence-corrected chi connectivity index (χ1v) is 15.7. The van der Waals surface area contributed by atoms with Gasteiger partial charge in [0.25, 0.3) is 0 Å². The number of rotatable bonds is 17. The summed E-state index contributed by atoms with van der Waals surface area (Å²) in [5.74, 6) is -0.796. The van der Waals surface area contributed by atoms with E-state index in [1.807, 2.05) is 0 Å². The van der Waals surface area contributed by atoms with Crippen molar-refractivity contribution in [2.24, 2.45) is 11.8 Å². The minimum atomic E-state index is -0.531. The highest BCUT2D eigenvalue weighted by Crippen LogP contribution is 2.38. The Morgan fingerprint density at radius 1 is 0.975 bits per heavy atom. The van der Waals surface area contributed by atoms with E-state index in [9.17, 15) is 14.4 Å². The Kier molecular flexibility index (Phi) is 14.3. The SMILES string of the molecule is CCCCCC(C)(/C=C/[C@H]1[C@H](OC2CCCCO2)CC(=O)[C@@H]1CC(=O)CCCCC(=O)OC)OC1CCCCO1. The van der Waals surface area contributed by atoms with Crippen LogP contribution in [0.5, 0.6) is 0 Å². The van der Waals surface area contributed by atoms with Gasteiger partial charge in [-0.3, -0.25) is 14.4 Å². The van der Waals surface area contributed by atoms with E-state index in [0.717, 1.165) is 70.8 Å². The lowest BCUT2D eigenvalue weighted by molar-refractivity contribution is -0.208. The lowest BCUT2D eigenvalue weighted by Crippen LogP contribution is -2.36. The molecule has 2 heterocycles. The molecule has 3 fully saturated rings. The second-order valence-electron chi connectivity index (χ2n) is 11.9. The Morgan fingerprint density at radius 2 is 1.68 bits per heavy atom. The van der Waals surface area contributed by atoms with Gasteiger partial charge in [-0.05, 0) is 64.7 Å². The van der Waals surface area contributed by atoms with Crippen LogP contribution in [0.3, 0.4) is 0 Å². The molecule has 1 saturated carbocycles. The fourth-order valence-corrected chi connectivity index (χ4v) is 5.99. The second kappa shape index (κ2) is 17.4. The first-order valence-electron chi connectivity index (χ1n) is 15.7. The first-order chi connectivity index (χ1) is 19.3. The number of methoxy groups -OCH3 is 1. The molecule has 0 bridgehead atoms. The number of hydrogen-bond donors (Lipinski definition) is 0.